The van der Waals surface area contributed by atoms with Crippen LogP contribution in [0.5, 0.6) is 0 Å². The number of carbonyl (C=O) groups excluding carboxylic acids is 3. The van der Waals surface area contributed by atoms with Crippen molar-refractivity contribution < 1.29 is 80.5 Å². The van der Waals surface area contributed by atoms with Crippen molar-refractivity contribution in [3.63, 3.8) is 0 Å². The Kier molecular flexibility index (Phi) is 28.7. The van der Waals surface area contributed by atoms with Gasteiger partial charge in [-0.2, -0.15) is 4.31 Å². The zero-order valence-corrected chi connectivity index (χ0v) is 45.1. The highest BCUT2D eigenvalue weighted by atomic mass is 32.2. The number of ether oxygens (including phenoxy) is 1. The summed E-state index contributed by atoms with van der Waals surface area (Å²) in [7, 11) is -16.4. The SMILES string of the molecule is CCCCC/C=C\C/C=C\C/C=C\C/C=C\CCCCCCCC(=O)SCCNC(=O)CCNC(=O)[C@H](O)C(C)(C)COP(=O)(O)OP(=O)(O)OC[C@H]1O[C@@H](n2cnc3c(N)ncnc32)C(O)[C@H]1OP(=O)(O)O. The number of aromatic nitrogens is 4. The number of allylic oxidation sites excluding steroid dienone is 8. The van der Waals surface area contributed by atoms with E-state index >= 15 is 0 Å². The van der Waals surface area contributed by atoms with Gasteiger partial charge < -0.3 is 50.9 Å². The number of hydrogen-bond donors (Lipinski definition) is 9. The Morgan fingerprint density at radius 1 is 0.836 bits per heavy atom. The molecule has 0 spiro atoms. The van der Waals surface area contributed by atoms with Crippen molar-refractivity contribution >= 4 is 69.1 Å². The summed E-state index contributed by atoms with van der Waals surface area (Å²) in [6.07, 6.45) is 25.2. The fraction of sp³-hybridized carbons (Fsp3) is 0.644. The van der Waals surface area contributed by atoms with Gasteiger partial charge in [-0.3, -0.25) is 32.5 Å². The van der Waals surface area contributed by atoms with Crippen molar-refractivity contribution in [3.8, 4) is 0 Å². The molecule has 24 nitrogen and oxygen atoms in total. The maximum atomic E-state index is 12.8. The normalized spacial score (nSPS) is 19.8. The minimum atomic E-state index is -5.58. The van der Waals surface area contributed by atoms with E-state index in [2.05, 4.69) is 90.0 Å². The molecule has 7 atom stereocenters. The zero-order chi connectivity index (χ0) is 53.9. The van der Waals surface area contributed by atoms with Crippen molar-refractivity contribution in [2.75, 3.05) is 37.8 Å². The van der Waals surface area contributed by atoms with Crippen LogP contribution in [-0.2, 0) is 50.7 Å². The summed E-state index contributed by atoms with van der Waals surface area (Å²) < 4.78 is 62.5. The number of amides is 2. The number of imidazole rings is 1. The molecule has 412 valence electrons. The van der Waals surface area contributed by atoms with Gasteiger partial charge in [0.15, 0.2) is 22.8 Å². The first kappa shape index (κ1) is 63.8. The molecule has 0 saturated carbocycles. The van der Waals surface area contributed by atoms with Crippen LogP contribution in [0.15, 0.2) is 61.3 Å². The number of phosphoric acid groups is 3. The van der Waals surface area contributed by atoms with E-state index < -0.39 is 84.6 Å². The van der Waals surface area contributed by atoms with Gasteiger partial charge in [0.25, 0.3) is 0 Å². The predicted octanol–water partition coefficient (Wildman–Crippen LogP) is 6.37. The highest BCUT2D eigenvalue weighted by Gasteiger charge is 2.50. The van der Waals surface area contributed by atoms with Crippen LogP contribution in [0.1, 0.15) is 123 Å². The molecular formula is C45H74N7O17P3S. The second kappa shape index (κ2) is 32.8. The van der Waals surface area contributed by atoms with E-state index in [9.17, 15) is 57.9 Å². The van der Waals surface area contributed by atoms with Gasteiger partial charge in [0, 0.05) is 37.1 Å². The fourth-order valence-corrected chi connectivity index (χ4v) is 10.5. The van der Waals surface area contributed by atoms with Crippen LogP contribution >= 0.6 is 35.2 Å². The molecule has 73 heavy (non-hydrogen) atoms. The van der Waals surface area contributed by atoms with Crippen LogP contribution in [0.2, 0.25) is 0 Å². The van der Waals surface area contributed by atoms with Crippen LogP contribution in [0.4, 0.5) is 5.82 Å². The number of nitrogens with one attached hydrogen (secondary N) is 2. The molecule has 0 radical (unpaired) electrons. The molecule has 0 aliphatic carbocycles. The quantitative estimate of drug-likeness (QED) is 0.0201. The van der Waals surface area contributed by atoms with Gasteiger partial charge in [-0.15, -0.1) is 0 Å². The molecule has 1 saturated heterocycles. The van der Waals surface area contributed by atoms with Crippen LogP contribution in [0.25, 0.3) is 11.2 Å². The number of nitrogens with zero attached hydrogens (tertiary/aromatic N) is 4. The van der Waals surface area contributed by atoms with E-state index in [0.29, 0.717) is 12.2 Å². The van der Waals surface area contributed by atoms with Gasteiger partial charge in [0.2, 0.25) is 11.8 Å². The number of nitrogens with two attached hydrogens (primary N) is 1. The highest BCUT2D eigenvalue weighted by molar-refractivity contribution is 8.13. The standard InChI is InChI=1S/C45H74N7O17P3S/c1-4-5-6-7-8-9-10-11-12-13-14-15-16-17-18-19-20-21-22-23-24-25-36(54)73-29-28-47-35(53)26-27-48-43(57)40(56)45(2,3)31-66-72(63,64)69-71(61,62)65-30-34-39(68-70(58,59)60)38(55)44(67-34)52-33-51-37-41(46)49-32-50-42(37)52/h8-9,11-12,14-15,17-18,32-34,38-40,44,55-56H,4-7,10,13,16,19-31H2,1-3H3,(H,47,53)(H,48,57)(H,61,62)(H,63,64)(H2,46,49,50)(H2,58,59,60)/b9-8-,12-11-,15-14-,18-17-/t34-,38?,39+,40+,44-/m1/s1. The Morgan fingerprint density at radius 3 is 2.08 bits per heavy atom. The van der Waals surface area contributed by atoms with Gasteiger partial charge >= 0.3 is 23.5 Å². The molecule has 28 heteroatoms. The Bertz CT molecular complexity index is 2300. The Labute approximate surface area is 430 Å². The molecule has 3 rings (SSSR count). The Morgan fingerprint density at radius 2 is 1.44 bits per heavy atom. The summed E-state index contributed by atoms with van der Waals surface area (Å²) in [6.45, 7) is 2.76. The van der Waals surface area contributed by atoms with E-state index in [0.717, 1.165) is 86.8 Å². The van der Waals surface area contributed by atoms with E-state index in [4.69, 9.17) is 19.5 Å². The molecule has 2 amide bonds. The summed E-state index contributed by atoms with van der Waals surface area (Å²) in [4.78, 5) is 88.5. The molecule has 1 aliphatic rings. The lowest BCUT2D eigenvalue weighted by Gasteiger charge is -2.30. The molecule has 3 heterocycles. The molecule has 10 N–H and O–H groups in total. The summed E-state index contributed by atoms with van der Waals surface area (Å²) in [5, 5.41) is 26.7. The third-order valence-electron chi connectivity index (χ3n) is 11.0. The summed E-state index contributed by atoms with van der Waals surface area (Å²) in [5.74, 6) is -1.05. The van der Waals surface area contributed by atoms with E-state index in [-0.39, 0.29) is 41.6 Å². The summed E-state index contributed by atoms with van der Waals surface area (Å²) >= 11 is 1.14. The van der Waals surface area contributed by atoms with Gasteiger partial charge in [-0.05, 0) is 51.4 Å². The van der Waals surface area contributed by atoms with Crippen molar-refractivity contribution in [3.05, 3.63) is 61.3 Å². The minimum Gasteiger partial charge on any atom is -0.386 e. The number of anilines is 1. The van der Waals surface area contributed by atoms with E-state index in [1.165, 1.54) is 39.5 Å². The first-order valence-corrected chi connectivity index (χ1v) is 29.7. The molecule has 1 fully saturated rings. The summed E-state index contributed by atoms with van der Waals surface area (Å²) in [6, 6.07) is 0. The van der Waals surface area contributed by atoms with Crippen LogP contribution in [-0.4, -0.2) is 123 Å². The maximum Gasteiger partial charge on any atom is 0.481 e. The van der Waals surface area contributed by atoms with E-state index in [1.807, 2.05) is 0 Å². The van der Waals surface area contributed by atoms with Crippen LogP contribution in [0, 0.1) is 5.41 Å². The lowest BCUT2D eigenvalue weighted by Crippen LogP contribution is -2.46. The highest BCUT2D eigenvalue weighted by Crippen LogP contribution is 2.61. The van der Waals surface area contributed by atoms with Gasteiger partial charge in [-0.1, -0.05) is 113 Å². The third kappa shape index (κ3) is 25.3. The van der Waals surface area contributed by atoms with Gasteiger partial charge in [0.1, 0.15) is 36.3 Å². The molecule has 2 aromatic heterocycles. The predicted molar refractivity (Wildman–Crippen MR) is 274 cm³/mol. The van der Waals surface area contributed by atoms with E-state index in [1.54, 1.807) is 0 Å². The zero-order valence-electron chi connectivity index (χ0n) is 41.6. The number of phosphoric ester groups is 3. The topological polar surface area (TPSA) is 364 Å². The number of aliphatic hydroxyl groups excluding tert-OH is 2. The lowest BCUT2D eigenvalue weighted by atomic mass is 9.87. The monoisotopic (exact) mass is 1110 g/mol. The molecule has 1 aliphatic heterocycles. The molecule has 2 aromatic rings. The second-order valence-electron chi connectivity index (χ2n) is 17.7. The molecular weight excluding hydrogens is 1040 g/mol. The molecule has 3 unspecified atom stereocenters. The number of aliphatic hydroxyl groups is 2. The smallest absolute Gasteiger partial charge is 0.386 e. The van der Waals surface area contributed by atoms with Crippen LogP contribution in [0.3, 0.4) is 0 Å². The summed E-state index contributed by atoms with van der Waals surface area (Å²) in [5.41, 5.74) is 4.28. The van der Waals surface area contributed by atoms with Crippen molar-refractivity contribution in [2.24, 2.45) is 5.41 Å². The number of hydrogen-bond acceptors (Lipinski definition) is 18. The number of thioether (sulfide) groups is 1. The number of nitrogen functional groups attached to an aromatic ring is 1. The molecule has 0 bridgehead atoms. The molecule has 0 aromatic carbocycles. The largest absolute Gasteiger partial charge is 0.481 e. The average molecular weight is 1110 g/mol. The third-order valence-corrected chi connectivity index (χ3v) is 15.0. The van der Waals surface area contributed by atoms with Gasteiger partial charge in [-0.25, -0.2) is 28.6 Å². The second-order valence-corrected chi connectivity index (χ2v) is 23.1. The number of fused-ring (bicyclic) bond motifs is 1. The average Bonchev–Trinajstić information content (AvgIpc) is 3.88. The first-order chi connectivity index (χ1) is 34.6. The maximum absolute atomic E-state index is 12.8. The van der Waals surface area contributed by atoms with Crippen molar-refractivity contribution in [1.29, 1.82) is 0 Å². The van der Waals surface area contributed by atoms with Crippen molar-refractivity contribution in [1.82, 2.24) is 30.2 Å². The lowest BCUT2D eigenvalue weighted by molar-refractivity contribution is -0.137. The van der Waals surface area contributed by atoms with Crippen LogP contribution < -0.4 is 16.4 Å². The fourth-order valence-electron chi connectivity index (χ4n) is 6.99. The van der Waals surface area contributed by atoms with Crippen molar-refractivity contribution in [2.45, 2.75) is 148 Å². The number of unbranched alkanes of at least 4 members (excludes halogenated alkanes) is 8. The Balaban J connectivity index is 1.25. The minimum absolute atomic E-state index is 0.0316. The first-order valence-electron chi connectivity index (χ1n) is 24.2. The van der Waals surface area contributed by atoms with Gasteiger partial charge in [0.05, 0.1) is 19.5 Å². The number of rotatable bonds is 37. The number of carbonyl (C=O) groups is 3. The Hall–Kier alpha value is -3.48.